The molecule has 0 aliphatic heterocycles. The number of hydrogen-bond acceptors (Lipinski definition) is 2. The molecule has 1 aliphatic rings. The normalized spacial score (nSPS) is 16.1. The standard InChI is InChI=1S/C14H17NO3/c1-10-2-4-11(5-3-10)6-9-15-12(16)14(7-8-14)13(17)18/h2-5H,6-9H2,1H3,(H,15,16)(H,17,18). The lowest BCUT2D eigenvalue weighted by molar-refractivity contribution is -0.149. The van der Waals surface area contributed by atoms with Crippen LogP contribution in [0.25, 0.3) is 0 Å². The molecule has 96 valence electrons. The first-order chi connectivity index (χ1) is 8.54. The van der Waals surface area contributed by atoms with Gasteiger partial charge in [0, 0.05) is 6.54 Å². The fourth-order valence-corrected chi connectivity index (χ4v) is 1.91. The van der Waals surface area contributed by atoms with Gasteiger partial charge < -0.3 is 10.4 Å². The van der Waals surface area contributed by atoms with Crippen LogP contribution >= 0.6 is 0 Å². The van der Waals surface area contributed by atoms with Gasteiger partial charge in [0.05, 0.1) is 0 Å². The molecular weight excluding hydrogens is 230 g/mol. The lowest BCUT2D eigenvalue weighted by atomic mass is 10.1. The highest BCUT2D eigenvalue weighted by molar-refractivity contribution is 6.04. The van der Waals surface area contributed by atoms with E-state index in [1.54, 1.807) is 0 Å². The lowest BCUT2D eigenvalue weighted by Crippen LogP contribution is -2.37. The summed E-state index contributed by atoms with van der Waals surface area (Å²) < 4.78 is 0. The van der Waals surface area contributed by atoms with Crippen molar-refractivity contribution in [3.05, 3.63) is 35.4 Å². The van der Waals surface area contributed by atoms with Crippen molar-refractivity contribution in [2.24, 2.45) is 5.41 Å². The minimum Gasteiger partial charge on any atom is -0.480 e. The third kappa shape index (κ3) is 2.53. The van der Waals surface area contributed by atoms with Crippen LogP contribution in [0.4, 0.5) is 0 Å². The minimum absolute atomic E-state index is 0.345. The maximum atomic E-state index is 11.7. The van der Waals surface area contributed by atoms with Gasteiger partial charge in [0.1, 0.15) is 5.41 Å². The Bertz CT molecular complexity index is 460. The molecule has 0 unspecified atom stereocenters. The molecule has 0 bridgehead atoms. The molecule has 18 heavy (non-hydrogen) atoms. The highest BCUT2D eigenvalue weighted by Crippen LogP contribution is 2.45. The number of hydrogen-bond donors (Lipinski definition) is 2. The maximum absolute atomic E-state index is 11.7. The van der Waals surface area contributed by atoms with E-state index in [4.69, 9.17) is 5.11 Å². The number of nitrogens with one attached hydrogen (secondary N) is 1. The molecule has 1 amide bonds. The third-order valence-electron chi connectivity index (χ3n) is 3.41. The van der Waals surface area contributed by atoms with Gasteiger partial charge >= 0.3 is 5.97 Å². The fourth-order valence-electron chi connectivity index (χ4n) is 1.91. The Morgan fingerprint density at radius 2 is 1.89 bits per heavy atom. The van der Waals surface area contributed by atoms with Crippen molar-refractivity contribution < 1.29 is 14.7 Å². The predicted molar refractivity (Wildman–Crippen MR) is 67.2 cm³/mol. The van der Waals surface area contributed by atoms with Crippen LogP contribution in [0.15, 0.2) is 24.3 Å². The molecule has 0 atom stereocenters. The number of aryl methyl sites for hydroxylation is 1. The summed E-state index contributed by atoms with van der Waals surface area (Å²) in [6, 6.07) is 8.09. The smallest absolute Gasteiger partial charge is 0.319 e. The molecule has 1 fully saturated rings. The van der Waals surface area contributed by atoms with E-state index < -0.39 is 11.4 Å². The molecule has 0 heterocycles. The van der Waals surface area contributed by atoms with Crippen molar-refractivity contribution in [3.63, 3.8) is 0 Å². The Balaban J connectivity index is 1.81. The molecule has 4 heteroatoms. The molecule has 1 aliphatic carbocycles. The molecular formula is C14H17NO3. The Labute approximate surface area is 106 Å². The fraction of sp³-hybridized carbons (Fsp3) is 0.429. The maximum Gasteiger partial charge on any atom is 0.319 e. The molecule has 4 nitrogen and oxygen atoms in total. The number of carboxylic acid groups (broad SMARTS) is 1. The van der Waals surface area contributed by atoms with Crippen LogP contribution in [0, 0.1) is 12.3 Å². The van der Waals surface area contributed by atoms with Gasteiger partial charge in [0.25, 0.3) is 0 Å². The van der Waals surface area contributed by atoms with Crippen LogP contribution in [-0.2, 0) is 16.0 Å². The van der Waals surface area contributed by atoms with E-state index >= 15 is 0 Å². The summed E-state index contributed by atoms with van der Waals surface area (Å²) in [5, 5.41) is 11.7. The number of carboxylic acids is 1. The number of aliphatic carboxylic acids is 1. The van der Waals surface area contributed by atoms with E-state index in [1.807, 2.05) is 31.2 Å². The topological polar surface area (TPSA) is 66.4 Å². The minimum atomic E-state index is -1.13. The van der Waals surface area contributed by atoms with Crippen LogP contribution in [0.2, 0.25) is 0 Å². The zero-order chi connectivity index (χ0) is 13.2. The van der Waals surface area contributed by atoms with E-state index in [0.717, 1.165) is 12.0 Å². The highest BCUT2D eigenvalue weighted by atomic mass is 16.4. The zero-order valence-corrected chi connectivity index (χ0v) is 10.4. The van der Waals surface area contributed by atoms with E-state index in [1.165, 1.54) is 5.56 Å². The van der Waals surface area contributed by atoms with Gasteiger partial charge in [-0.25, -0.2) is 0 Å². The first-order valence-electron chi connectivity index (χ1n) is 6.12. The summed E-state index contributed by atoms with van der Waals surface area (Å²) in [5.41, 5.74) is 1.21. The monoisotopic (exact) mass is 247 g/mol. The zero-order valence-electron chi connectivity index (χ0n) is 10.4. The molecule has 0 saturated heterocycles. The summed E-state index contributed by atoms with van der Waals surface area (Å²) in [4.78, 5) is 22.7. The summed E-state index contributed by atoms with van der Waals surface area (Å²) in [6.45, 7) is 2.51. The van der Waals surface area contributed by atoms with Gasteiger partial charge in [-0.2, -0.15) is 0 Å². The summed E-state index contributed by atoms with van der Waals surface area (Å²) in [7, 11) is 0. The summed E-state index contributed by atoms with van der Waals surface area (Å²) >= 11 is 0. The quantitative estimate of drug-likeness (QED) is 0.775. The number of benzene rings is 1. The van der Waals surface area contributed by atoms with Crippen molar-refractivity contribution in [1.82, 2.24) is 5.32 Å². The van der Waals surface area contributed by atoms with E-state index in [-0.39, 0.29) is 5.91 Å². The van der Waals surface area contributed by atoms with Gasteiger partial charge in [-0.15, -0.1) is 0 Å². The Morgan fingerprint density at radius 3 is 2.39 bits per heavy atom. The Morgan fingerprint density at radius 1 is 1.28 bits per heavy atom. The second-order valence-electron chi connectivity index (χ2n) is 4.88. The molecule has 2 rings (SSSR count). The van der Waals surface area contributed by atoms with Crippen LogP contribution in [-0.4, -0.2) is 23.5 Å². The van der Waals surface area contributed by atoms with E-state index in [9.17, 15) is 9.59 Å². The van der Waals surface area contributed by atoms with Crippen LogP contribution in [0.3, 0.4) is 0 Å². The van der Waals surface area contributed by atoms with E-state index in [0.29, 0.717) is 19.4 Å². The molecule has 1 aromatic carbocycles. The van der Waals surface area contributed by atoms with Gasteiger partial charge in [0.2, 0.25) is 5.91 Å². The van der Waals surface area contributed by atoms with Crippen molar-refractivity contribution in [2.45, 2.75) is 26.2 Å². The Kier molecular flexibility index (Phi) is 3.36. The molecule has 1 saturated carbocycles. The van der Waals surface area contributed by atoms with Crippen LogP contribution < -0.4 is 5.32 Å². The second-order valence-corrected chi connectivity index (χ2v) is 4.88. The SMILES string of the molecule is Cc1ccc(CCNC(=O)C2(C(=O)O)CC2)cc1. The van der Waals surface area contributed by atoms with E-state index in [2.05, 4.69) is 5.32 Å². The number of carbonyl (C=O) groups excluding carboxylic acids is 1. The number of amides is 1. The highest BCUT2D eigenvalue weighted by Gasteiger charge is 2.56. The first-order valence-corrected chi connectivity index (χ1v) is 6.12. The van der Waals surface area contributed by atoms with Crippen molar-refractivity contribution in [3.8, 4) is 0 Å². The van der Waals surface area contributed by atoms with Gasteiger partial charge in [0.15, 0.2) is 0 Å². The van der Waals surface area contributed by atoms with Gasteiger partial charge in [-0.1, -0.05) is 29.8 Å². The Hall–Kier alpha value is -1.84. The lowest BCUT2D eigenvalue weighted by Gasteiger charge is -2.10. The summed E-state index contributed by atoms with van der Waals surface area (Å²) in [5.74, 6) is -1.35. The van der Waals surface area contributed by atoms with Crippen molar-refractivity contribution in [1.29, 1.82) is 0 Å². The van der Waals surface area contributed by atoms with Crippen molar-refractivity contribution in [2.75, 3.05) is 6.54 Å². The molecule has 0 aromatic heterocycles. The first kappa shape index (κ1) is 12.6. The van der Waals surface area contributed by atoms with Crippen molar-refractivity contribution >= 4 is 11.9 Å². The molecule has 0 spiro atoms. The predicted octanol–water partition coefficient (Wildman–Crippen LogP) is 1.52. The molecule has 1 aromatic rings. The average molecular weight is 247 g/mol. The average Bonchev–Trinajstić information content (AvgIpc) is 3.13. The number of carbonyl (C=O) groups is 2. The van der Waals surface area contributed by atoms with Crippen LogP contribution in [0.5, 0.6) is 0 Å². The largest absolute Gasteiger partial charge is 0.480 e. The van der Waals surface area contributed by atoms with Gasteiger partial charge in [-0.3, -0.25) is 9.59 Å². The molecule has 2 N–H and O–H groups in total. The summed E-state index contributed by atoms with van der Waals surface area (Å²) in [6.07, 6.45) is 1.64. The van der Waals surface area contributed by atoms with Crippen LogP contribution in [0.1, 0.15) is 24.0 Å². The van der Waals surface area contributed by atoms with Gasteiger partial charge in [-0.05, 0) is 31.7 Å². The second kappa shape index (κ2) is 4.80. The number of rotatable bonds is 5. The third-order valence-corrected chi connectivity index (χ3v) is 3.41. The molecule has 0 radical (unpaired) electrons.